The minimum Gasteiger partial charge on any atom is -0.385 e. The summed E-state index contributed by atoms with van der Waals surface area (Å²) in [4.78, 5) is 6.63. The van der Waals surface area contributed by atoms with Crippen molar-refractivity contribution >= 4 is 32.4 Å². The van der Waals surface area contributed by atoms with Crippen molar-refractivity contribution < 1.29 is 9.47 Å². The smallest absolute Gasteiger partial charge is 0.186 e. The van der Waals surface area contributed by atoms with E-state index in [4.69, 9.17) is 9.47 Å². The Labute approximate surface area is 109 Å². The molecule has 0 amide bonds. The highest BCUT2D eigenvalue weighted by atomic mass is 79.9. The molecule has 0 aromatic carbocycles. The maximum Gasteiger partial charge on any atom is 0.186 e. The van der Waals surface area contributed by atoms with Crippen LogP contribution in [-0.2, 0) is 9.47 Å². The molecule has 4 nitrogen and oxygen atoms in total. The predicted molar refractivity (Wildman–Crippen MR) is 70.4 cm³/mol. The Balaban J connectivity index is 2.49. The summed E-state index contributed by atoms with van der Waals surface area (Å²) in [6.45, 7) is 3.29. The predicted octanol–water partition coefficient (Wildman–Crippen LogP) is 2.39. The van der Waals surface area contributed by atoms with E-state index >= 15 is 0 Å². The fraction of sp³-hybridized carbons (Fsp3) is 0.700. The summed E-state index contributed by atoms with van der Waals surface area (Å²) in [7, 11) is 3.44. The van der Waals surface area contributed by atoms with Crippen molar-refractivity contribution in [3.8, 4) is 0 Å². The standard InChI is InChI=1S/C10H17BrN2O2S/c1-14-6-3-4-13(5-7-15-2)10-12-9(11)8-16-10/h8H,3-7H2,1-2H3. The van der Waals surface area contributed by atoms with Gasteiger partial charge < -0.3 is 14.4 Å². The number of anilines is 1. The molecule has 1 heterocycles. The third-order valence-electron chi connectivity index (χ3n) is 2.08. The molecule has 0 saturated carbocycles. The summed E-state index contributed by atoms with van der Waals surface area (Å²) in [5.41, 5.74) is 0. The quantitative estimate of drug-likeness (QED) is 0.691. The van der Waals surface area contributed by atoms with Crippen LogP contribution in [0.1, 0.15) is 6.42 Å². The van der Waals surface area contributed by atoms with E-state index in [0.717, 1.165) is 35.9 Å². The van der Waals surface area contributed by atoms with Crippen LogP contribution in [0, 0.1) is 0 Å². The Kier molecular flexibility index (Phi) is 6.95. The molecule has 0 unspecified atom stereocenters. The molecular weight excluding hydrogens is 292 g/mol. The van der Waals surface area contributed by atoms with Gasteiger partial charge in [-0.05, 0) is 22.4 Å². The van der Waals surface area contributed by atoms with E-state index in [9.17, 15) is 0 Å². The second-order valence-electron chi connectivity index (χ2n) is 3.28. The zero-order valence-corrected chi connectivity index (χ0v) is 12.0. The van der Waals surface area contributed by atoms with Crippen LogP contribution in [0.2, 0.25) is 0 Å². The van der Waals surface area contributed by atoms with Crippen LogP contribution >= 0.6 is 27.3 Å². The highest BCUT2D eigenvalue weighted by Crippen LogP contribution is 2.23. The lowest BCUT2D eigenvalue weighted by Gasteiger charge is -2.21. The fourth-order valence-electron chi connectivity index (χ4n) is 1.29. The average molecular weight is 309 g/mol. The summed E-state index contributed by atoms with van der Waals surface area (Å²) in [5, 5.41) is 3.02. The van der Waals surface area contributed by atoms with Crippen LogP contribution in [0.25, 0.3) is 0 Å². The summed E-state index contributed by atoms with van der Waals surface area (Å²) in [5.74, 6) is 0. The molecule has 0 N–H and O–H groups in total. The van der Waals surface area contributed by atoms with Crippen molar-refractivity contribution in [1.82, 2.24) is 4.98 Å². The Morgan fingerprint density at radius 2 is 2.06 bits per heavy atom. The zero-order valence-electron chi connectivity index (χ0n) is 9.61. The number of hydrogen-bond donors (Lipinski definition) is 0. The van der Waals surface area contributed by atoms with Crippen LogP contribution in [-0.4, -0.2) is 45.5 Å². The fourth-order valence-corrected chi connectivity index (χ4v) is 2.60. The van der Waals surface area contributed by atoms with Crippen molar-refractivity contribution in [2.45, 2.75) is 6.42 Å². The highest BCUT2D eigenvalue weighted by Gasteiger charge is 2.09. The molecule has 0 atom stereocenters. The normalized spacial score (nSPS) is 10.7. The molecule has 0 radical (unpaired) electrons. The van der Waals surface area contributed by atoms with E-state index in [2.05, 4.69) is 25.8 Å². The lowest BCUT2D eigenvalue weighted by Crippen LogP contribution is -2.28. The summed E-state index contributed by atoms with van der Waals surface area (Å²) < 4.78 is 11.0. The van der Waals surface area contributed by atoms with Crippen LogP contribution in [0.5, 0.6) is 0 Å². The maximum atomic E-state index is 5.10. The van der Waals surface area contributed by atoms with E-state index in [1.54, 1.807) is 25.6 Å². The topological polar surface area (TPSA) is 34.6 Å². The number of aromatic nitrogens is 1. The van der Waals surface area contributed by atoms with Gasteiger partial charge in [-0.2, -0.15) is 0 Å². The molecule has 1 aromatic heterocycles. The lowest BCUT2D eigenvalue weighted by molar-refractivity contribution is 0.191. The number of nitrogens with zero attached hydrogens (tertiary/aromatic N) is 2. The number of hydrogen-bond acceptors (Lipinski definition) is 5. The molecule has 16 heavy (non-hydrogen) atoms. The first-order valence-electron chi connectivity index (χ1n) is 5.11. The van der Waals surface area contributed by atoms with Crippen molar-refractivity contribution in [3.05, 3.63) is 9.98 Å². The molecule has 1 aromatic rings. The van der Waals surface area contributed by atoms with Crippen LogP contribution in [0.3, 0.4) is 0 Å². The number of rotatable bonds is 8. The monoisotopic (exact) mass is 308 g/mol. The minimum atomic E-state index is 0.712. The molecule has 0 aliphatic carbocycles. The van der Waals surface area contributed by atoms with Crippen molar-refractivity contribution in [3.63, 3.8) is 0 Å². The van der Waals surface area contributed by atoms with Crippen LogP contribution < -0.4 is 4.90 Å². The Hall–Kier alpha value is -0.170. The van der Waals surface area contributed by atoms with Gasteiger partial charge >= 0.3 is 0 Å². The first-order chi connectivity index (χ1) is 7.77. The summed E-state index contributed by atoms with van der Waals surface area (Å²) >= 11 is 5.00. The van der Waals surface area contributed by atoms with E-state index in [1.807, 2.05) is 5.38 Å². The van der Waals surface area contributed by atoms with Crippen molar-refractivity contribution in [1.29, 1.82) is 0 Å². The minimum absolute atomic E-state index is 0.712. The lowest BCUT2D eigenvalue weighted by atomic mass is 10.4. The van der Waals surface area contributed by atoms with Crippen molar-refractivity contribution in [2.24, 2.45) is 0 Å². The second kappa shape index (κ2) is 8.00. The molecule has 1 rings (SSSR count). The zero-order chi connectivity index (χ0) is 11.8. The van der Waals surface area contributed by atoms with E-state index in [-0.39, 0.29) is 0 Å². The van der Waals surface area contributed by atoms with Gasteiger partial charge in [0.15, 0.2) is 5.13 Å². The van der Waals surface area contributed by atoms with Gasteiger partial charge in [-0.15, -0.1) is 11.3 Å². The maximum absolute atomic E-state index is 5.10. The van der Waals surface area contributed by atoms with Gasteiger partial charge in [0.05, 0.1) is 6.61 Å². The Bertz CT molecular complexity index is 296. The SMILES string of the molecule is COCCCN(CCOC)c1nc(Br)cs1. The first-order valence-corrected chi connectivity index (χ1v) is 6.79. The number of methoxy groups -OCH3 is 2. The molecular formula is C10H17BrN2O2S. The van der Waals surface area contributed by atoms with Gasteiger partial charge in [0.25, 0.3) is 0 Å². The second-order valence-corrected chi connectivity index (χ2v) is 4.93. The van der Waals surface area contributed by atoms with E-state index in [1.165, 1.54) is 0 Å². The third kappa shape index (κ3) is 4.78. The summed E-state index contributed by atoms with van der Waals surface area (Å²) in [6, 6.07) is 0. The van der Waals surface area contributed by atoms with E-state index in [0.29, 0.717) is 6.61 Å². The average Bonchev–Trinajstić information content (AvgIpc) is 2.70. The van der Waals surface area contributed by atoms with Crippen LogP contribution in [0.15, 0.2) is 9.98 Å². The van der Waals surface area contributed by atoms with Crippen molar-refractivity contribution in [2.75, 3.05) is 45.4 Å². The Morgan fingerprint density at radius 3 is 2.62 bits per heavy atom. The van der Waals surface area contributed by atoms with Gasteiger partial charge in [-0.3, -0.25) is 0 Å². The Morgan fingerprint density at radius 1 is 1.31 bits per heavy atom. The van der Waals surface area contributed by atoms with E-state index < -0.39 is 0 Å². The number of ether oxygens (including phenoxy) is 2. The summed E-state index contributed by atoms with van der Waals surface area (Å²) in [6.07, 6.45) is 0.997. The van der Waals surface area contributed by atoms with Gasteiger partial charge in [0.1, 0.15) is 4.60 Å². The first kappa shape index (κ1) is 13.9. The molecule has 0 saturated heterocycles. The number of thiazole rings is 1. The van der Waals surface area contributed by atoms with Gasteiger partial charge in [0, 0.05) is 39.3 Å². The third-order valence-corrected chi connectivity index (χ3v) is 3.69. The molecule has 0 spiro atoms. The van der Waals surface area contributed by atoms with Gasteiger partial charge in [-0.1, -0.05) is 0 Å². The number of halogens is 1. The molecule has 0 aliphatic rings. The molecule has 0 aliphatic heterocycles. The van der Waals surface area contributed by atoms with Gasteiger partial charge in [-0.25, -0.2) is 4.98 Å². The molecule has 92 valence electrons. The van der Waals surface area contributed by atoms with Gasteiger partial charge in [0.2, 0.25) is 0 Å². The molecule has 6 heteroatoms. The molecule has 0 bridgehead atoms. The highest BCUT2D eigenvalue weighted by molar-refractivity contribution is 9.10. The molecule has 0 fully saturated rings. The largest absolute Gasteiger partial charge is 0.385 e. The van der Waals surface area contributed by atoms with Crippen LogP contribution in [0.4, 0.5) is 5.13 Å².